The number of benzene rings is 2. The summed E-state index contributed by atoms with van der Waals surface area (Å²) in [5, 5.41) is 7.20. The summed E-state index contributed by atoms with van der Waals surface area (Å²) in [4.78, 5) is 12.1. The number of halogens is 1. The minimum atomic E-state index is -0.298. The number of anilines is 2. The van der Waals surface area contributed by atoms with Gasteiger partial charge in [0, 0.05) is 34.9 Å². The standard InChI is InChI=1S/C16H14ClN3O/c1-20-10-14(13-7-2-3-8-15(13)20)19-16(21)18-12-6-4-5-11(17)9-12/h2-10H,1H3,(H2,18,19,21). The van der Waals surface area contributed by atoms with Gasteiger partial charge in [-0.25, -0.2) is 4.79 Å². The summed E-state index contributed by atoms with van der Waals surface area (Å²) in [5.41, 5.74) is 2.49. The Labute approximate surface area is 127 Å². The second kappa shape index (κ2) is 5.50. The van der Waals surface area contributed by atoms with E-state index in [4.69, 9.17) is 11.6 Å². The van der Waals surface area contributed by atoms with E-state index in [1.807, 2.05) is 42.1 Å². The number of hydrogen-bond acceptors (Lipinski definition) is 1. The van der Waals surface area contributed by atoms with Gasteiger partial charge in [-0.05, 0) is 24.3 Å². The second-order valence-electron chi connectivity index (χ2n) is 4.76. The van der Waals surface area contributed by atoms with Crippen LogP contribution in [-0.4, -0.2) is 10.6 Å². The summed E-state index contributed by atoms with van der Waals surface area (Å²) >= 11 is 5.89. The molecule has 0 unspecified atom stereocenters. The fourth-order valence-corrected chi connectivity index (χ4v) is 2.48. The van der Waals surface area contributed by atoms with Crippen molar-refractivity contribution in [2.75, 3.05) is 10.6 Å². The van der Waals surface area contributed by atoms with Crippen LogP contribution in [0.3, 0.4) is 0 Å². The van der Waals surface area contributed by atoms with Gasteiger partial charge in [-0.1, -0.05) is 35.9 Å². The third-order valence-corrected chi connectivity index (χ3v) is 3.46. The summed E-state index contributed by atoms with van der Waals surface area (Å²) in [6, 6.07) is 14.6. The molecule has 0 fully saturated rings. The van der Waals surface area contributed by atoms with E-state index in [2.05, 4.69) is 10.6 Å². The van der Waals surface area contributed by atoms with Gasteiger partial charge in [-0.3, -0.25) is 0 Å². The first-order chi connectivity index (χ1) is 10.1. The Morgan fingerprint density at radius 1 is 1.10 bits per heavy atom. The maximum Gasteiger partial charge on any atom is 0.323 e. The molecule has 1 aromatic heterocycles. The van der Waals surface area contributed by atoms with Crippen LogP contribution in [0.4, 0.5) is 16.2 Å². The first-order valence-electron chi connectivity index (χ1n) is 6.51. The number of para-hydroxylation sites is 1. The molecule has 0 aliphatic heterocycles. The SMILES string of the molecule is Cn1cc(NC(=O)Nc2cccc(Cl)c2)c2ccccc21. The quantitative estimate of drug-likeness (QED) is 0.720. The van der Waals surface area contributed by atoms with E-state index < -0.39 is 0 Å². The molecule has 0 aliphatic rings. The van der Waals surface area contributed by atoms with Crippen LogP contribution < -0.4 is 10.6 Å². The average Bonchev–Trinajstić information content (AvgIpc) is 2.76. The summed E-state index contributed by atoms with van der Waals surface area (Å²) in [5.74, 6) is 0. The van der Waals surface area contributed by atoms with Crippen LogP contribution in [0.25, 0.3) is 10.9 Å². The molecule has 3 aromatic rings. The van der Waals surface area contributed by atoms with Gasteiger partial charge in [-0.2, -0.15) is 0 Å². The van der Waals surface area contributed by atoms with Crippen molar-refractivity contribution >= 4 is 39.9 Å². The van der Waals surface area contributed by atoms with Gasteiger partial charge in [0.2, 0.25) is 0 Å². The van der Waals surface area contributed by atoms with Crippen molar-refractivity contribution in [1.29, 1.82) is 0 Å². The van der Waals surface area contributed by atoms with E-state index in [-0.39, 0.29) is 6.03 Å². The normalized spacial score (nSPS) is 10.6. The number of nitrogens with zero attached hydrogens (tertiary/aromatic N) is 1. The predicted octanol–water partition coefficient (Wildman–Crippen LogP) is 4.48. The maximum atomic E-state index is 12.1. The van der Waals surface area contributed by atoms with Crippen LogP contribution in [0.5, 0.6) is 0 Å². The molecule has 5 heteroatoms. The van der Waals surface area contributed by atoms with Crippen molar-refractivity contribution in [1.82, 2.24) is 4.57 Å². The molecule has 1 heterocycles. The van der Waals surface area contributed by atoms with Crippen molar-refractivity contribution in [3.8, 4) is 0 Å². The molecule has 106 valence electrons. The third-order valence-electron chi connectivity index (χ3n) is 3.23. The van der Waals surface area contributed by atoms with Gasteiger partial charge in [0.05, 0.1) is 5.69 Å². The summed E-state index contributed by atoms with van der Waals surface area (Å²) in [7, 11) is 1.95. The van der Waals surface area contributed by atoms with Crippen molar-refractivity contribution in [3.63, 3.8) is 0 Å². The van der Waals surface area contributed by atoms with Gasteiger partial charge >= 0.3 is 6.03 Å². The summed E-state index contributed by atoms with van der Waals surface area (Å²) < 4.78 is 1.98. The molecule has 0 spiro atoms. The Bertz CT molecular complexity index is 810. The lowest BCUT2D eigenvalue weighted by Gasteiger charge is -2.07. The highest BCUT2D eigenvalue weighted by atomic mass is 35.5. The van der Waals surface area contributed by atoms with E-state index >= 15 is 0 Å². The molecular weight excluding hydrogens is 286 g/mol. The Kier molecular flexibility index (Phi) is 3.54. The monoisotopic (exact) mass is 299 g/mol. The number of carbonyl (C=O) groups is 1. The number of carbonyl (C=O) groups excluding carboxylic acids is 1. The zero-order valence-electron chi connectivity index (χ0n) is 11.4. The second-order valence-corrected chi connectivity index (χ2v) is 5.20. The number of fused-ring (bicyclic) bond motifs is 1. The Balaban J connectivity index is 1.80. The van der Waals surface area contributed by atoms with Crippen molar-refractivity contribution in [3.05, 3.63) is 59.8 Å². The highest BCUT2D eigenvalue weighted by molar-refractivity contribution is 6.30. The predicted molar refractivity (Wildman–Crippen MR) is 87.0 cm³/mol. The molecule has 2 N–H and O–H groups in total. The Morgan fingerprint density at radius 2 is 1.90 bits per heavy atom. The summed E-state index contributed by atoms with van der Waals surface area (Å²) in [6.07, 6.45) is 1.89. The Hall–Kier alpha value is -2.46. The van der Waals surface area contributed by atoms with Gasteiger partial charge < -0.3 is 15.2 Å². The number of urea groups is 1. The molecule has 0 saturated carbocycles. The number of hydrogen-bond donors (Lipinski definition) is 2. The van der Waals surface area contributed by atoms with Crippen molar-refractivity contribution < 1.29 is 4.79 Å². The lowest BCUT2D eigenvalue weighted by atomic mass is 10.2. The van der Waals surface area contributed by atoms with E-state index in [1.54, 1.807) is 24.3 Å². The molecule has 0 aliphatic carbocycles. The first-order valence-corrected chi connectivity index (χ1v) is 6.89. The molecule has 0 saturated heterocycles. The number of rotatable bonds is 2. The summed E-state index contributed by atoms with van der Waals surface area (Å²) in [6.45, 7) is 0. The van der Waals surface area contributed by atoms with E-state index in [1.165, 1.54) is 0 Å². The zero-order chi connectivity index (χ0) is 14.8. The highest BCUT2D eigenvalue weighted by Crippen LogP contribution is 2.25. The molecule has 0 bridgehead atoms. The molecule has 0 radical (unpaired) electrons. The minimum absolute atomic E-state index is 0.298. The zero-order valence-corrected chi connectivity index (χ0v) is 12.2. The molecule has 2 amide bonds. The van der Waals surface area contributed by atoms with E-state index in [9.17, 15) is 4.79 Å². The first kappa shape index (κ1) is 13.5. The van der Waals surface area contributed by atoms with E-state index in [0.29, 0.717) is 10.7 Å². The van der Waals surface area contributed by atoms with Gasteiger partial charge in [0.25, 0.3) is 0 Å². The van der Waals surface area contributed by atoms with Gasteiger partial charge in [0.1, 0.15) is 0 Å². The van der Waals surface area contributed by atoms with Crippen LogP contribution >= 0.6 is 11.6 Å². The van der Waals surface area contributed by atoms with Gasteiger partial charge in [0.15, 0.2) is 0 Å². The van der Waals surface area contributed by atoms with Crippen LogP contribution in [0.15, 0.2) is 54.7 Å². The molecular formula is C16H14ClN3O. The van der Waals surface area contributed by atoms with E-state index in [0.717, 1.165) is 16.6 Å². The number of amides is 2. The van der Waals surface area contributed by atoms with Crippen molar-refractivity contribution in [2.24, 2.45) is 7.05 Å². The lowest BCUT2D eigenvalue weighted by Crippen LogP contribution is -2.19. The molecule has 3 rings (SSSR count). The van der Waals surface area contributed by atoms with Crippen LogP contribution in [0.1, 0.15) is 0 Å². The fraction of sp³-hybridized carbons (Fsp3) is 0.0625. The minimum Gasteiger partial charge on any atom is -0.348 e. The largest absolute Gasteiger partial charge is 0.348 e. The smallest absolute Gasteiger partial charge is 0.323 e. The third kappa shape index (κ3) is 2.85. The topological polar surface area (TPSA) is 46.1 Å². The highest BCUT2D eigenvalue weighted by Gasteiger charge is 2.09. The van der Waals surface area contributed by atoms with Crippen LogP contribution in [0, 0.1) is 0 Å². The molecule has 0 atom stereocenters. The molecule has 21 heavy (non-hydrogen) atoms. The average molecular weight is 300 g/mol. The van der Waals surface area contributed by atoms with Gasteiger partial charge in [-0.15, -0.1) is 0 Å². The molecule has 2 aromatic carbocycles. The fourth-order valence-electron chi connectivity index (χ4n) is 2.29. The molecule has 4 nitrogen and oxygen atoms in total. The number of aryl methyl sites for hydroxylation is 1. The van der Waals surface area contributed by atoms with Crippen LogP contribution in [-0.2, 0) is 7.05 Å². The van der Waals surface area contributed by atoms with Crippen LogP contribution in [0.2, 0.25) is 5.02 Å². The number of nitrogens with one attached hydrogen (secondary N) is 2. The Morgan fingerprint density at radius 3 is 2.71 bits per heavy atom. The lowest BCUT2D eigenvalue weighted by molar-refractivity contribution is 0.262. The van der Waals surface area contributed by atoms with Crippen molar-refractivity contribution in [2.45, 2.75) is 0 Å². The maximum absolute atomic E-state index is 12.1. The number of aromatic nitrogens is 1.